The Labute approximate surface area is 74.0 Å². The van der Waals surface area contributed by atoms with Gasteiger partial charge >= 0.3 is 0 Å². The molecular formula is C8H4BF3O. The van der Waals surface area contributed by atoms with Gasteiger partial charge in [0, 0.05) is 6.07 Å². The highest BCUT2D eigenvalue weighted by atomic mass is 19.2. The molecule has 13 heavy (non-hydrogen) atoms. The Morgan fingerprint density at radius 2 is 1.69 bits per heavy atom. The number of halogens is 3. The van der Waals surface area contributed by atoms with Gasteiger partial charge in [0.2, 0.25) is 0 Å². The Balaban J connectivity index is 3.23. The van der Waals surface area contributed by atoms with Crippen molar-refractivity contribution in [3.8, 4) is 0 Å². The number of benzene rings is 1. The van der Waals surface area contributed by atoms with Crippen LogP contribution in [0.25, 0.3) is 0 Å². The molecule has 1 nitrogen and oxygen atoms in total. The first-order valence-corrected chi connectivity index (χ1v) is 3.44. The van der Waals surface area contributed by atoms with E-state index in [9.17, 15) is 18.0 Å². The van der Waals surface area contributed by atoms with Crippen molar-refractivity contribution in [2.75, 3.05) is 0 Å². The molecule has 0 aliphatic rings. The molecule has 0 heterocycles. The molecule has 0 aromatic heterocycles. The molecule has 0 unspecified atom stereocenters. The quantitative estimate of drug-likeness (QED) is 0.389. The van der Waals surface area contributed by atoms with Crippen LogP contribution in [0.1, 0.15) is 10.4 Å². The molecule has 1 rings (SSSR count). The lowest BCUT2D eigenvalue weighted by atomic mass is 9.95. The second kappa shape index (κ2) is 3.64. The van der Waals surface area contributed by atoms with E-state index in [1.165, 1.54) is 0 Å². The Kier molecular flexibility index (Phi) is 2.75. The van der Waals surface area contributed by atoms with E-state index in [-0.39, 0.29) is 0 Å². The van der Waals surface area contributed by atoms with Gasteiger partial charge in [-0.3, -0.25) is 4.79 Å². The van der Waals surface area contributed by atoms with Gasteiger partial charge in [0.05, 0.1) is 13.4 Å². The van der Waals surface area contributed by atoms with Crippen molar-refractivity contribution in [3.05, 3.63) is 35.1 Å². The molecule has 1 aromatic rings. The molecule has 5 heteroatoms. The summed E-state index contributed by atoms with van der Waals surface area (Å²) in [6.07, 6.45) is -0.442. The first kappa shape index (κ1) is 9.83. The molecule has 0 saturated carbocycles. The van der Waals surface area contributed by atoms with E-state index >= 15 is 0 Å². The predicted molar refractivity (Wildman–Crippen MR) is 41.2 cm³/mol. The van der Waals surface area contributed by atoms with Crippen molar-refractivity contribution in [3.63, 3.8) is 0 Å². The van der Waals surface area contributed by atoms with E-state index in [1.54, 1.807) is 0 Å². The van der Waals surface area contributed by atoms with Crippen LogP contribution in [0.5, 0.6) is 0 Å². The van der Waals surface area contributed by atoms with Crippen molar-refractivity contribution in [2.24, 2.45) is 0 Å². The van der Waals surface area contributed by atoms with Crippen LogP contribution in [-0.4, -0.2) is 13.6 Å². The summed E-state index contributed by atoms with van der Waals surface area (Å²) in [7, 11) is 4.93. The van der Waals surface area contributed by atoms with E-state index in [1.807, 2.05) is 0 Å². The highest BCUT2D eigenvalue weighted by Gasteiger charge is 2.13. The number of hydrogen-bond donors (Lipinski definition) is 0. The van der Waals surface area contributed by atoms with Gasteiger partial charge in [-0.2, -0.15) is 0 Å². The number of Topliss-reactive ketones (excluding diaryl/α,β-unsaturated/α-hetero) is 1. The maximum Gasteiger partial charge on any atom is 0.161 e. The monoisotopic (exact) mass is 184 g/mol. The van der Waals surface area contributed by atoms with Crippen LogP contribution in [0.15, 0.2) is 12.1 Å². The maximum atomic E-state index is 12.8. The van der Waals surface area contributed by atoms with Crippen molar-refractivity contribution >= 4 is 13.6 Å². The lowest BCUT2D eigenvalue weighted by Crippen LogP contribution is -2.03. The highest BCUT2D eigenvalue weighted by Crippen LogP contribution is 2.14. The molecule has 0 saturated heterocycles. The van der Waals surface area contributed by atoms with Crippen LogP contribution in [0.4, 0.5) is 13.2 Å². The Bertz CT molecular complexity index is 351. The Morgan fingerprint density at radius 1 is 1.15 bits per heavy atom. The largest absolute Gasteiger partial charge is 0.295 e. The van der Waals surface area contributed by atoms with Crippen LogP contribution in [0.2, 0.25) is 6.32 Å². The summed E-state index contributed by atoms with van der Waals surface area (Å²) in [5.74, 6) is -4.46. The molecular weight excluding hydrogens is 180 g/mol. The van der Waals surface area contributed by atoms with Crippen LogP contribution in [0, 0.1) is 17.5 Å². The second-order valence-corrected chi connectivity index (χ2v) is 2.37. The number of rotatable bonds is 2. The fraction of sp³-hybridized carbons (Fsp3) is 0.125. The summed E-state index contributed by atoms with van der Waals surface area (Å²) in [6.45, 7) is 0. The smallest absolute Gasteiger partial charge is 0.161 e. The fourth-order valence-corrected chi connectivity index (χ4v) is 0.846. The van der Waals surface area contributed by atoms with E-state index in [0.717, 1.165) is 0 Å². The third-order valence-electron chi connectivity index (χ3n) is 1.50. The molecule has 66 valence electrons. The molecule has 0 N–H and O–H groups in total. The summed E-state index contributed by atoms with van der Waals surface area (Å²) in [4.78, 5) is 10.8. The second-order valence-electron chi connectivity index (χ2n) is 2.37. The minimum absolute atomic E-state index is 0.318. The number of carbonyl (C=O) groups is 1. The van der Waals surface area contributed by atoms with Gasteiger partial charge in [0.25, 0.3) is 0 Å². The van der Waals surface area contributed by atoms with E-state index in [0.29, 0.717) is 12.1 Å². The Morgan fingerprint density at radius 3 is 2.23 bits per heavy atom. The minimum atomic E-state index is -1.33. The van der Waals surface area contributed by atoms with E-state index in [4.69, 9.17) is 7.85 Å². The predicted octanol–water partition coefficient (Wildman–Crippen LogP) is 1.87. The zero-order valence-corrected chi connectivity index (χ0v) is 6.48. The van der Waals surface area contributed by atoms with Crippen LogP contribution in [0.3, 0.4) is 0 Å². The topological polar surface area (TPSA) is 17.1 Å². The van der Waals surface area contributed by atoms with Crippen molar-refractivity contribution in [2.45, 2.75) is 6.32 Å². The van der Waals surface area contributed by atoms with Crippen molar-refractivity contribution in [1.82, 2.24) is 0 Å². The molecule has 0 fully saturated rings. The third-order valence-corrected chi connectivity index (χ3v) is 1.50. The average molecular weight is 184 g/mol. The zero-order valence-electron chi connectivity index (χ0n) is 6.48. The van der Waals surface area contributed by atoms with Gasteiger partial charge in [-0.25, -0.2) is 13.2 Å². The third kappa shape index (κ3) is 1.91. The van der Waals surface area contributed by atoms with Gasteiger partial charge in [0.15, 0.2) is 17.4 Å². The minimum Gasteiger partial charge on any atom is -0.295 e. The summed E-state index contributed by atoms with van der Waals surface area (Å²) in [5, 5.41) is 0. The van der Waals surface area contributed by atoms with Gasteiger partial charge in [-0.1, -0.05) is 0 Å². The molecule has 0 aliphatic carbocycles. The summed E-state index contributed by atoms with van der Waals surface area (Å²) in [5.41, 5.74) is -0.526. The van der Waals surface area contributed by atoms with Gasteiger partial charge in [-0.15, -0.1) is 0 Å². The molecule has 0 atom stereocenters. The van der Waals surface area contributed by atoms with Gasteiger partial charge in [-0.05, 0) is 12.4 Å². The van der Waals surface area contributed by atoms with Gasteiger partial charge in [0.1, 0.15) is 5.82 Å². The number of ketones is 1. The summed E-state index contributed by atoms with van der Waals surface area (Å²) in [6, 6.07) is 0.818. The van der Waals surface area contributed by atoms with Crippen molar-refractivity contribution in [1.29, 1.82) is 0 Å². The highest BCUT2D eigenvalue weighted by molar-refractivity contribution is 6.24. The van der Waals surface area contributed by atoms with E-state index in [2.05, 4.69) is 0 Å². The molecule has 0 spiro atoms. The van der Waals surface area contributed by atoms with E-state index < -0.39 is 35.1 Å². The normalized spacial score (nSPS) is 10.1. The molecule has 0 amide bonds. The lowest BCUT2D eigenvalue weighted by Gasteiger charge is -2.00. The Hall–Kier alpha value is -1.26. The lowest BCUT2D eigenvalue weighted by molar-refractivity contribution is 0.101. The van der Waals surface area contributed by atoms with Crippen molar-refractivity contribution < 1.29 is 18.0 Å². The fourth-order valence-electron chi connectivity index (χ4n) is 0.846. The SMILES string of the molecule is [B]CC(=O)c1cc(F)c(F)cc1F. The number of carbonyl (C=O) groups excluding carboxylic acids is 1. The first-order chi connectivity index (χ1) is 6.06. The summed E-state index contributed by atoms with van der Waals surface area (Å²) >= 11 is 0. The van der Waals surface area contributed by atoms with Gasteiger partial charge < -0.3 is 0 Å². The maximum absolute atomic E-state index is 12.8. The molecule has 2 radical (unpaired) electrons. The van der Waals surface area contributed by atoms with Crippen LogP contribution >= 0.6 is 0 Å². The first-order valence-electron chi connectivity index (χ1n) is 3.44. The number of hydrogen-bond acceptors (Lipinski definition) is 1. The molecule has 1 aromatic carbocycles. The average Bonchev–Trinajstić information content (AvgIpc) is 2.10. The van der Waals surface area contributed by atoms with Crippen LogP contribution in [-0.2, 0) is 0 Å². The summed E-state index contributed by atoms with van der Waals surface area (Å²) < 4.78 is 37.7. The molecule has 0 aliphatic heterocycles. The van der Waals surface area contributed by atoms with Crippen LogP contribution < -0.4 is 0 Å². The molecule has 0 bridgehead atoms. The standard InChI is InChI=1S/C8H4BF3O/c9-3-8(13)4-1-6(11)7(12)2-5(4)10/h1-2H,3H2. The zero-order chi connectivity index (χ0) is 10.0.